The molecule has 3 N–H and O–H groups in total. The summed E-state index contributed by atoms with van der Waals surface area (Å²) in [5.41, 5.74) is -0.331. The molecule has 9 heteroatoms. The molecular formula is C8H8O8S. The lowest BCUT2D eigenvalue weighted by atomic mass is 10.2. The lowest BCUT2D eigenvalue weighted by Crippen LogP contribution is -2.08. The van der Waals surface area contributed by atoms with Gasteiger partial charge in [0.15, 0.2) is 11.5 Å². The fraction of sp³-hybridized carbons (Fsp3) is 0.125. The molecule has 0 spiro atoms. The standard InChI is InChI=1S/C8H8O8S/c1-15-6-3-4(8(10)11)2-5(9)7(6)16-17(12,13)14/h2-3,9H,1H3,(H,10,11)(H,12,13,14). The molecule has 0 fully saturated rings. The molecule has 0 aromatic heterocycles. The number of carboxylic acid groups (broad SMARTS) is 1. The smallest absolute Gasteiger partial charge is 0.446 e. The van der Waals surface area contributed by atoms with Crippen LogP contribution in [0.1, 0.15) is 10.4 Å². The molecule has 0 aliphatic carbocycles. The summed E-state index contributed by atoms with van der Waals surface area (Å²) in [6.45, 7) is 0. The number of benzene rings is 1. The molecule has 17 heavy (non-hydrogen) atoms. The lowest BCUT2D eigenvalue weighted by Gasteiger charge is -2.10. The number of methoxy groups -OCH3 is 1. The summed E-state index contributed by atoms with van der Waals surface area (Å²) in [5, 5.41) is 18.0. The molecule has 0 unspecified atom stereocenters. The van der Waals surface area contributed by atoms with Crippen molar-refractivity contribution in [2.24, 2.45) is 0 Å². The highest BCUT2D eigenvalue weighted by atomic mass is 32.3. The molecule has 8 nitrogen and oxygen atoms in total. The zero-order valence-corrected chi connectivity index (χ0v) is 9.26. The molecule has 0 aliphatic rings. The zero-order valence-electron chi connectivity index (χ0n) is 8.45. The van der Waals surface area contributed by atoms with Crippen LogP contribution in [0.2, 0.25) is 0 Å². The first kappa shape index (κ1) is 13.1. The number of aromatic hydroxyl groups is 1. The molecular weight excluding hydrogens is 256 g/mol. The van der Waals surface area contributed by atoms with Gasteiger partial charge in [0.2, 0.25) is 5.75 Å². The average molecular weight is 264 g/mol. The van der Waals surface area contributed by atoms with Crippen molar-refractivity contribution in [3.8, 4) is 17.2 Å². The van der Waals surface area contributed by atoms with Gasteiger partial charge in [-0.15, -0.1) is 0 Å². The van der Waals surface area contributed by atoms with Gasteiger partial charge in [-0.2, -0.15) is 8.42 Å². The molecule has 1 aromatic rings. The second-order valence-electron chi connectivity index (χ2n) is 2.84. The molecule has 0 amide bonds. The van der Waals surface area contributed by atoms with Gasteiger partial charge in [0.1, 0.15) is 0 Å². The number of carboxylic acids is 1. The summed E-state index contributed by atoms with van der Waals surface area (Å²) in [4.78, 5) is 10.6. The highest BCUT2D eigenvalue weighted by Crippen LogP contribution is 2.38. The maximum Gasteiger partial charge on any atom is 0.446 e. The molecule has 0 radical (unpaired) electrons. The Labute approximate surface area is 96.0 Å². The van der Waals surface area contributed by atoms with Gasteiger partial charge in [0, 0.05) is 0 Å². The summed E-state index contributed by atoms with van der Waals surface area (Å²) >= 11 is 0. The Hall–Kier alpha value is -2.00. The first-order valence-corrected chi connectivity index (χ1v) is 5.42. The Morgan fingerprint density at radius 1 is 1.35 bits per heavy atom. The molecule has 1 rings (SSSR count). The highest BCUT2D eigenvalue weighted by Gasteiger charge is 2.20. The Bertz CT molecular complexity index is 547. The second kappa shape index (κ2) is 4.47. The fourth-order valence-electron chi connectivity index (χ4n) is 1.05. The Morgan fingerprint density at radius 3 is 2.35 bits per heavy atom. The molecule has 94 valence electrons. The number of hydrogen-bond donors (Lipinski definition) is 3. The topological polar surface area (TPSA) is 130 Å². The minimum absolute atomic E-state index is 0.331. The summed E-state index contributed by atoms with van der Waals surface area (Å²) in [6.07, 6.45) is 0. The van der Waals surface area contributed by atoms with Crippen LogP contribution < -0.4 is 8.92 Å². The number of ether oxygens (including phenoxy) is 1. The van der Waals surface area contributed by atoms with Gasteiger partial charge in [-0.1, -0.05) is 0 Å². The summed E-state index contributed by atoms with van der Waals surface area (Å²) in [5.74, 6) is -3.18. The van der Waals surface area contributed by atoms with E-state index in [1.54, 1.807) is 0 Å². The average Bonchev–Trinajstić information content (AvgIpc) is 2.18. The van der Waals surface area contributed by atoms with Crippen LogP contribution in [-0.4, -0.2) is 36.3 Å². The van der Waals surface area contributed by atoms with Gasteiger partial charge in [-0.3, -0.25) is 4.55 Å². The van der Waals surface area contributed by atoms with E-state index in [1.165, 1.54) is 0 Å². The van der Waals surface area contributed by atoms with Gasteiger partial charge < -0.3 is 19.1 Å². The van der Waals surface area contributed by atoms with E-state index in [4.69, 9.17) is 9.66 Å². The third kappa shape index (κ3) is 3.23. The van der Waals surface area contributed by atoms with Crippen LogP contribution in [0.5, 0.6) is 17.2 Å². The van der Waals surface area contributed by atoms with E-state index in [2.05, 4.69) is 8.92 Å². The SMILES string of the molecule is COc1cc(C(=O)O)cc(O)c1OS(=O)(=O)O. The zero-order chi connectivity index (χ0) is 13.2. The molecule has 0 saturated heterocycles. The van der Waals surface area contributed by atoms with E-state index < -0.39 is 27.9 Å². The van der Waals surface area contributed by atoms with E-state index in [0.29, 0.717) is 0 Å². The molecule has 0 atom stereocenters. The van der Waals surface area contributed by atoms with Crippen molar-refractivity contribution in [1.29, 1.82) is 0 Å². The normalized spacial score (nSPS) is 10.9. The van der Waals surface area contributed by atoms with Gasteiger partial charge in [-0.05, 0) is 12.1 Å². The van der Waals surface area contributed by atoms with E-state index in [0.717, 1.165) is 19.2 Å². The van der Waals surface area contributed by atoms with Crippen LogP contribution in [0.15, 0.2) is 12.1 Å². The minimum Gasteiger partial charge on any atom is -0.504 e. The third-order valence-corrected chi connectivity index (χ3v) is 2.07. The third-order valence-electron chi connectivity index (χ3n) is 1.69. The largest absolute Gasteiger partial charge is 0.504 e. The number of hydrogen-bond acceptors (Lipinski definition) is 6. The summed E-state index contributed by atoms with van der Waals surface area (Å²) in [6, 6.07) is 1.69. The maximum atomic E-state index is 10.6. The van der Waals surface area contributed by atoms with Crippen molar-refractivity contribution in [3.63, 3.8) is 0 Å². The highest BCUT2D eigenvalue weighted by molar-refractivity contribution is 7.81. The first-order chi connectivity index (χ1) is 7.74. The first-order valence-electron chi connectivity index (χ1n) is 4.06. The van der Waals surface area contributed by atoms with Crippen molar-refractivity contribution < 1.29 is 36.9 Å². The predicted molar refractivity (Wildman–Crippen MR) is 53.8 cm³/mol. The number of aromatic carboxylic acids is 1. The van der Waals surface area contributed by atoms with E-state index in [9.17, 15) is 18.3 Å². The van der Waals surface area contributed by atoms with Crippen molar-refractivity contribution in [3.05, 3.63) is 17.7 Å². The monoisotopic (exact) mass is 264 g/mol. The van der Waals surface area contributed by atoms with Gasteiger partial charge in [-0.25, -0.2) is 4.79 Å². The van der Waals surface area contributed by atoms with Crippen LogP contribution in [-0.2, 0) is 10.4 Å². The summed E-state index contributed by atoms with van der Waals surface area (Å²) in [7, 11) is -3.74. The number of rotatable bonds is 4. The van der Waals surface area contributed by atoms with Crippen LogP contribution in [0.25, 0.3) is 0 Å². The van der Waals surface area contributed by atoms with Crippen molar-refractivity contribution >= 4 is 16.4 Å². The number of carbonyl (C=O) groups is 1. The van der Waals surface area contributed by atoms with E-state index in [1.807, 2.05) is 0 Å². The molecule has 0 bridgehead atoms. The van der Waals surface area contributed by atoms with E-state index in [-0.39, 0.29) is 11.3 Å². The Balaban J connectivity index is 3.36. The van der Waals surface area contributed by atoms with Gasteiger partial charge in [0.25, 0.3) is 0 Å². The number of phenolic OH excluding ortho intramolecular Hbond substituents is 1. The minimum atomic E-state index is -4.85. The predicted octanol–water partition coefficient (Wildman–Crippen LogP) is 0.281. The molecule has 0 saturated carbocycles. The van der Waals surface area contributed by atoms with Gasteiger partial charge >= 0.3 is 16.4 Å². The van der Waals surface area contributed by atoms with Crippen LogP contribution in [0.3, 0.4) is 0 Å². The quantitative estimate of drug-likeness (QED) is 0.661. The molecule has 0 aliphatic heterocycles. The lowest BCUT2D eigenvalue weighted by molar-refractivity contribution is 0.0696. The van der Waals surface area contributed by atoms with Crippen molar-refractivity contribution in [2.75, 3.05) is 7.11 Å². The van der Waals surface area contributed by atoms with Crippen LogP contribution in [0, 0.1) is 0 Å². The van der Waals surface area contributed by atoms with Crippen molar-refractivity contribution in [1.82, 2.24) is 0 Å². The Kier molecular flexibility index (Phi) is 3.44. The maximum absolute atomic E-state index is 10.6. The second-order valence-corrected chi connectivity index (χ2v) is 3.87. The van der Waals surface area contributed by atoms with Crippen LogP contribution in [0.4, 0.5) is 0 Å². The fourth-order valence-corrected chi connectivity index (χ4v) is 1.43. The molecule has 0 heterocycles. The Morgan fingerprint density at radius 2 is 1.94 bits per heavy atom. The van der Waals surface area contributed by atoms with E-state index >= 15 is 0 Å². The number of phenols is 1. The molecule has 1 aromatic carbocycles. The van der Waals surface area contributed by atoms with Crippen LogP contribution >= 0.6 is 0 Å². The van der Waals surface area contributed by atoms with Gasteiger partial charge in [0.05, 0.1) is 12.7 Å². The summed E-state index contributed by atoms with van der Waals surface area (Å²) < 4.78 is 38.1. The van der Waals surface area contributed by atoms with Crippen molar-refractivity contribution in [2.45, 2.75) is 0 Å².